The second-order valence-electron chi connectivity index (χ2n) is 6.93. The fraction of sp³-hybridized carbons (Fsp3) is 0.143. The second kappa shape index (κ2) is 7.71. The van der Waals surface area contributed by atoms with Crippen molar-refractivity contribution in [2.45, 2.75) is 20.0 Å². The molecule has 1 amide bonds. The summed E-state index contributed by atoms with van der Waals surface area (Å²) in [5.41, 5.74) is 0.431. The number of carbonyl (C=O) groups is 1. The predicted octanol–water partition coefficient (Wildman–Crippen LogP) is 4.55. The zero-order chi connectivity index (χ0) is 22.2. The van der Waals surface area contributed by atoms with Gasteiger partial charge in [-0.05, 0) is 50.2 Å². The van der Waals surface area contributed by atoms with E-state index in [2.05, 4.69) is 25.6 Å². The largest absolute Gasteiger partial charge is 0.434 e. The van der Waals surface area contributed by atoms with Gasteiger partial charge in [-0.2, -0.15) is 23.4 Å². The fourth-order valence-corrected chi connectivity index (χ4v) is 3.04. The van der Waals surface area contributed by atoms with Gasteiger partial charge in [-0.1, -0.05) is 17.7 Å². The van der Waals surface area contributed by atoms with E-state index in [0.29, 0.717) is 22.9 Å². The Bertz CT molecular complexity index is 1220. The minimum absolute atomic E-state index is 0.211. The number of hydrogen-bond donors (Lipinski definition) is 2. The molecule has 0 radical (unpaired) electrons. The van der Waals surface area contributed by atoms with Gasteiger partial charge in [0.15, 0.2) is 11.5 Å². The van der Waals surface area contributed by atoms with Crippen LogP contribution in [-0.4, -0.2) is 30.9 Å². The minimum atomic E-state index is -4.78. The second-order valence-corrected chi connectivity index (χ2v) is 6.93. The first-order valence-electron chi connectivity index (χ1n) is 9.25. The molecule has 4 aromatic rings. The third kappa shape index (κ3) is 4.18. The van der Waals surface area contributed by atoms with E-state index in [1.807, 2.05) is 6.92 Å². The number of nitrogens with zero attached hydrogens (tertiary/aromatic N) is 4. The van der Waals surface area contributed by atoms with Crippen LogP contribution in [0.2, 0.25) is 0 Å². The standard InChI is InChI=1S/C21H17F3N6O/c1-12-3-9-16(10-4-12)30-18(21(22,23)24)17(11-25-30)20(31)27-15-7-5-14(6-8-15)19-26-13(2)28-29-19/h3-11H,1-2H3,(H,27,31)(H,26,28,29). The van der Waals surface area contributed by atoms with E-state index in [-0.39, 0.29) is 5.69 Å². The molecule has 158 valence electrons. The SMILES string of the molecule is Cc1ccc(-n2ncc(C(=O)Nc3ccc(-c4n[nH]c(C)n4)cc3)c2C(F)(F)F)cc1. The Morgan fingerprint density at radius 3 is 2.29 bits per heavy atom. The molecule has 31 heavy (non-hydrogen) atoms. The van der Waals surface area contributed by atoms with Crippen molar-refractivity contribution in [2.75, 3.05) is 5.32 Å². The number of benzene rings is 2. The van der Waals surface area contributed by atoms with Gasteiger partial charge in [-0.3, -0.25) is 9.89 Å². The Labute approximate surface area is 174 Å². The summed E-state index contributed by atoms with van der Waals surface area (Å²) in [4.78, 5) is 16.8. The number of carbonyl (C=O) groups excluding carboxylic acids is 1. The highest BCUT2D eigenvalue weighted by Gasteiger charge is 2.40. The van der Waals surface area contributed by atoms with Crippen LogP contribution in [0.15, 0.2) is 54.7 Å². The maximum Gasteiger partial charge on any atom is 0.434 e. The predicted molar refractivity (Wildman–Crippen MR) is 108 cm³/mol. The van der Waals surface area contributed by atoms with Gasteiger partial charge in [0.2, 0.25) is 0 Å². The lowest BCUT2D eigenvalue weighted by Crippen LogP contribution is -2.20. The molecule has 10 heteroatoms. The Morgan fingerprint density at radius 2 is 1.71 bits per heavy atom. The summed E-state index contributed by atoms with van der Waals surface area (Å²) in [6, 6.07) is 12.8. The van der Waals surface area contributed by atoms with Crippen LogP contribution in [0.1, 0.15) is 27.4 Å². The van der Waals surface area contributed by atoms with Gasteiger partial charge < -0.3 is 5.32 Å². The van der Waals surface area contributed by atoms with Gasteiger partial charge in [0.05, 0.1) is 17.4 Å². The number of H-pyrrole nitrogens is 1. The zero-order valence-corrected chi connectivity index (χ0v) is 16.5. The van der Waals surface area contributed by atoms with Crippen LogP contribution in [0.5, 0.6) is 0 Å². The lowest BCUT2D eigenvalue weighted by atomic mass is 10.1. The highest BCUT2D eigenvalue weighted by atomic mass is 19.4. The van der Waals surface area contributed by atoms with E-state index in [4.69, 9.17) is 0 Å². The van der Waals surface area contributed by atoms with Crippen molar-refractivity contribution in [1.29, 1.82) is 0 Å². The van der Waals surface area contributed by atoms with Crippen LogP contribution in [-0.2, 0) is 6.18 Å². The molecule has 2 aromatic heterocycles. The van der Waals surface area contributed by atoms with Crippen molar-refractivity contribution in [3.8, 4) is 17.1 Å². The first kappa shape index (κ1) is 20.3. The van der Waals surface area contributed by atoms with Gasteiger partial charge in [0.1, 0.15) is 5.82 Å². The monoisotopic (exact) mass is 426 g/mol. The third-order valence-electron chi connectivity index (χ3n) is 4.56. The summed E-state index contributed by atoms with van der Waals surface area (Å²) < 4.78 is 42.1. The number of rotatable bonds is 4. The molecule has 0 atom stereocenters. The summed E-state index contributed by atoms with van der Waals surface area (Å²) in [7, 11) is 0. The number of aryl methyl sites for hydroxylation is 2. The van der Waals surface area contributed by atoms with Crippen molar-refractivity contribution in [2.24, 2.45) is 0 Å². The number of hydrogen-bond acceptors (Lipinski definition) is 4. The number of nitrogens with one attached hydrogen (secondary N) is 2. The molecule has 2 aromatic carbocycles. The average Bonchev–Trinajstić information content (AvgIpc) is 3.36. The summed E-state index contributed by atoms with van der Waals surface area (Å²) in [5, 5.41) is 13.1. The van der Waals surface area contributed by atoms with Crippen molar-refractivity contribution in [3.05, 3.63) is 77.4 Å². The molecule has 0 spiro atoms. The zero-order valence-electron chi connectivity index (χ0n) is 16.5. The Balaban J connectivity index is 1.62. The van der Waals surface area contributed by atoms with E-state index in [1.54, 1.807) is 43.3 Å². The fourth-order valence-electron chi connectivity index (χ4n) is 3.04. The van der Waals surface area contributed by atoms with E-state index < -0.39 is 23.3 Å². The van der Waals surface area contributed by atoms with E-state index >= 15 is 0 Å². The van der Waals surface area contributed by atoms with Gasteiger partial charge in [-0.25, -0.2) is 9.67 Å². The topological polar surface area (TPSA) is 88.5 Å². The Hall–Kier alpha value is -3.95. The van der Waals surface area contributed by atoms with Crippen LogP contribution in [0.4, 0.5) is 18.9 Å². The summed E-state index contributed by atoms with van der Waals surface area (Å²) in [6.45, 7) is 3.59. The quantitative estimate of drug-likeness (QED) is 0.501. The van der Waals surface area contributed by atoms with Crippen LogP contribution >= 0.6 is 0 Å². The maximum atomic E-state index is 13.8. The molecular weight excluding hydrogens is 409 g/mol. The lowest BCUT2D eigenvalue weighted by molar-refractivity contribution is -0.143. The van der Waals surface area contributed by atoms with E-state index in [1.165, 1.54) is 12.1 Å². The molecular formula is C21H17F3N6O. The summed E-state index contributed by atoms with van der Waals surface area (Å²) >= 11 is 0. The van der Waals surface area contributed by atoms with Gasteiger partial charge in [0, 0.05) is 11.3 Å². The molecule has 0 unspecified atom stereocenters. The maximum absolute atomic E-state index is 13.8. The van der Waals surface area contributed by atoms with Gasteiger partial charge in [0.25, 0.3) is 5.91 Å². The lowest BCUT2D eigenvalue weighted by Gasteiger charge is -2.13. The third-order valence-corrected chi connectivity index (χ3v) is 4.56. The summed E-state index contributed by atoms with van der Waals surface area (Å²) in [5.74, 6) is 0.221. The van der Waals surface area contributed by atoms with Crippen molar-refractivity contribution in [3.63, 3.8) is 0 Å². The van der Waals surface area contributed by atoms with Gasteiger partial charge >= 0.3 is 6.18 Å². The van der Waals surface area contributed by atoms with Crippen molar-refractivity contribution < 1.29 is 18.0 Å². The number of aromatic amines is 1. The number of anilines is 1. The first-order chi connectivity index (χ1) is 14.7. The molecule has 0 bridgehead atoms. The number of aromatic nitrogens is 5. The van der Waals surface area contributed by atoms with E-state index in [0.717, 1.165) is 16.4 Å². The highest BCUT2D eigenvalue weighted by Crippen LogP contribution is 2.34. The molecule has 2 N–H and O–H groups in total. The first-order valence-corrected chi connectivity index (χ1v) is 9.25. The molecule has 0 aliphatic rings. The number of halogens is 3. The van der Waals surface area contributed by atoms with E-state index in [9.17, 15) is 18.0 Å². The molecule has 0 saturated heterocycles. The minimum Gasteiger partial charge on any atom is -0.322 e. The molecule has 2 heterocycles. The molecule has 7 nitrogen and oxygen atoms in total. The Morgan fingerprint density at radius 1 is 1.03 bits per heavy atom. The molecule has 0 aliphatic heterocycles. The molecule has 0 fully saturated rings. The van der Waals surface area contributed by atoms with Crippen molar-refractivity contribution in [1.82, 2.24) is 25.0 Å². The number of alkyl halides is 3. The van der Waals surface area contributed by atoms with Crippen LogP contribution < -0.4 is 5.32 Å². The normalized spacial score (nSPS) is 11.5. The van der Waals surface area contributed by atoms with Gasteiger partial charge in [-0.15, -0.1) is 0 Å². The molecule has 0 aliphatic carbocycles. The van der Waals surface area contributed by atoms with Crippen LogP contribution in [0.25, 0.3) is 17.1 Å². The summed E-state index contributed by atoms with van der Waals surface area (Å²) in [6.07, 6.45) is -3.86. The smallest absolute Gasteiger partial charge is 0.322 e. The van der Waals surface area contributed by atoms with Crippen LogP contribution in [0.3, 0.4) is 0 Å². The number of amides is 1. The molecule has 0 saturated carbocycles. The van der Waals surface area contributed by atoms with Crippen LogP contribution in [0, 0.1) is 13.8 Å². The molecule has 4 rings (SSSR count). The Kier molecular flexibility index (Phi) is 5.05. The van der Waals surface area contributed by atoms with Crippen molar-refractivity contribution >= 4 is 11.6 Å². The average molecular weight is 426 g/mol. The highest BCUT2D eigenvalue weighted by molar-refractivity contribution is 6.05.